The van der Waals surface area contributed by atoms with E-state index in [1.807, 2.05) is 0 Å². The van der Waals surface area contributed by atoms with Crippen LogP contribution in [0.15, 0.2) is 24.3 Å². The first-order valence-corrected chi connectivity index (χ1v) is 6.49. The molecule has 8 nitrogen and oxygen atoms in total. The molecule has 3 N–H and O–H groups in total. The number of nitro benzene ring substituents is 1. The van der Waals surface area contributed by atoms with Crippen molar-refractivity contribution in [3.8, 4) is 0 Å². The Labute approximate surface area is 122 Å². The van der Waals surface area contributed by atoms with E-state index in [0.29, 0.717) is 19.4 Å². The SMILES string of the molecule is CNC(=O)CCCNCC(=O)Nc1ccccc1[N+](=O)[O-]. The van der Waals surface area contributed by atoms with Gasteiger partial charge in [-0.15, -0.1) is 0 Å². The van der Waals surface area contributed by atoms with Crippen molar-refractivity contribution < 1.29 is 14.5 Å². The molecule has 114 valence electrons. The fourth-order valence-electron chi connectivity index (χ4n) is 1.63. The highest BCUT2D eigenvalue weighted by Gasteiger charge is 2.14. The molecule has 0 spiro atoms. The zero-order valence-corrected chi connectivity index (χ0v) is 11.7. The fraction of sp³-hybridized carbons (Fsp3) is 0.385. The van der Waals surface area contributed by atoms with Gasteiger partial charge in [0.15, 0.2) is 0 Å². The smallest absolute Gasteiger partial charge is 0.292 e. The lowest BCUT2D eigenvalue weighted by molar-refractivity contribution is -0.383. The Hall–Kier alpha value is -2.48. The molecule has 0 radical (unpaired) electrons. The first kappa shape index (κ1) is 16.6. The molecule has 0 fully saturated rings. The lowest BCUT2D eigenvalue weighted by Gasteiger charge is -2.07. The summed E-state index contributed by atoms with van der Waals surface area (Å²) in [6.45, 7) is 0.539. The van der Waals surface area contributed by atoms with E-state index in [4.69, 9.17) is 0 Å². The first-order valence-electron chi connectivity index (χ1n) is 6.49. The van der Waals surface area contributed by atoms with E-state index < -0.39 is 4.92 Å². The Bertz CT molecular complexity index is 519. The molecule has 1 aromatic rings. The number of carbonyl (C=O) groups is 2. The lowest BCUT2D eigenvalue weighted by Crippen LogP contribution is -2.29. The summed E-state index contributed by atoms with van der Waals surface area (Å²) < 4.78 is 0. The van der Waals surface area contributed by atoms with Gasteiger partial charge >= 0.3 is 0 Å². The molecule has 21 heavy (non-hydrogen) atoms. The number of para-hydroxylation sites is 2. The fourth-order valence-corrected chi connectivity index (χ4v) is 1.63. The number of amides is 2. The van der Waals surface area contributed by atoms with E-state index in [1.165, 1.54) is 18.2 Å². The van der Waals surface area contributed by atoms with Crippen molar-refractivity contribution in [3.63, 3.8) is 0 Å². The molecule has 0 saturated heterocycles. The van der Waals surface area contributed by atoms with E-state index in [0.717, 1.165) is 0 Å². The van der Waals surface area contributed by atoms with Crippen LogP contribution in [0, 0.1) is 10.1 Å². The van der Waals surface area contributed by atoms with Crippen molar-refractivity contribution in [2.45, 2.75) is 12.8 Å². The van der Waals surface area contributed by atoms with E-state index in [1.54, 1.807) is 13.1 Å². The van der Waals surface area contributed by atoms with E-state index in [9.17, 15) is 19.7 Å². The maximum atomic E-state index is 11.7. The first-order chi connectivity index (χ1) is 10.0. The molecule has 0 aliphatic rings. The summed E-state index contributed by atoms with van der Waals surface area (Å²) in [5.41, 5.74) is 0.0186. The van der Waals surface area contributed by atoms with Gasteiger partial charge in [-0.2, -0.15) is 0 Å². The standard InChI is InChI=1S/C13H18N4O4/c1-14-12(18)7-4-8-15-9-13(19)16-10-5-2-3-6-11(10)17(20)21/h2-3,5-6,15H,4,7-9H2,1H3,(H,14,18)(H,16,19). The predicted molar refractivity (Wildman–Crippen MR) is 77.9 cm³/mol. The molecule has 0 aliphatic heterocycles. The molecule has 1 aromatic carbocycles. The topological polar surface area (TPSA) is 113 Å². The Kier molecular flexibility index (Phi) is 6.82. The van der Waals surface area contributed by atoms with Crippen LogP contribution in [0.3, 0.4) is 0 Å². The molecule has 2 amide bonds. The number of anilines is 1. The molecule has 0 atom stereocenters. The number of benzene rings is 1. The monoisotopic (exact) mass is 294 g/mol. The highest BCUT2D eigenvalue weighted by Crippen LogP contribution is 2.22. The Morgan fingerprint density at radius 2 is 1.95 bits per heavy atom. The van der Waals surface area contributed by atoms with Gasteiger partial charge in [0.1, 0.15) is 5.69 Å². The molecule has 0 saturated carbocycles. The second kappa shape index (κ2) is 8.64. The van der Waals surface area contributed by atoms with Gasteiger partial charge in [0.25, 0.3) is 5.69 Å². The molecule has 8 heteroatoms. The molecule has 1 rings (SSSR count). The normalized spacial score (nSPS) is 9.95. The number of rotatable bonds is 8. The molecule has 0 aromatic heterocycles. The van der Waals surface area contributed by atoms with Crippen molar-refractivity contribution in [2.24, 2.45) is 0 Å². The predicted octanol–water partition coefficient (Wildman–Crippen LogP) is 0.649. The van der Waals surface area contributed by atoms with Crippen molar-refractivity contribution in [1.82, 2.24) is 10.6 Å². The summed E-state index contributed by atoms with van der Waals surface area (Å²) in [5.74, 6) is -0.426. The van der Waals surface area contributed by atoms with Crippen molar-refractivity contribution in [2.75, 3.05) is 25.5 Å². The highest BCUT2D eigenvalue weighted by molar-refractivity contribution is 5.94. The Morgan fingerprint density at radius 3 is 2.62 bits per heavy atom. The van der Waals surface area contributed by atoms with Gasteiger partial charge < -0.3 is 16.0 Å². The van der Waals surface area contributed by atoms with Gasteiger partial charge in [0.05, 0.1) is 11.5 Å². The quantitative estimate of drug-likeness (QED) is 0.370. The van der Waals surface area contributed by atoms with E-state index in [2.05, 4.69) is 16.0 Å². The van der Waals surface area contributed by atoms with Crippen LogP contribution >= 0.6 is 0 Å². The zero-order valence-electron chi connectivity index (χ0n) is 11.7. The van der Waals surface area contributed by atoms with Gasteiger partial charge in [-0.05, 0) is 19.0 Å². The minimum Gasteiger partial charge on any atom is -0.359 e. The van der Waals surface area contributed by atoms with Crippen molar-refractivity contribution in [3.05, 3.63) is 34.4 Å². The van der Waals surface area contributed by atoms with Crippen LogP contribution in [0.2, 0.25) is 0 Å². The van der Waals surface area contributed by atoms with Crippen LogP contribution in [0.1, 0.15) is 12.8 Å². The van der Waals surface area contributed by atoms with Crippen LogP contribution in [-0.2, 0) is 9.59 Å². The summed E-state index contributed by atoms with van der Waals surface area (Å²) in [5, 5.41) is 18.7. The molecule has 0 bridgehead atoms. The number of nitrogens with one attached hydrogen (secondary N) is 3. The van der Waals surface area contributed by atoms with Crippen LogP contribution in [0.25, 0.3) is 0 Å². The number of carbonyl (C=O) groups excluding carboxylic acids is 2. The summed E-state index contributed by atoms with van der Waals surface area (Å²) in [4.78, 5) is 32.9. The van der Waals surface area contributed by atoms with Gasteiger partial charge in [-0.25, -0.2) is 0 Å². The third-order valence-electron chi connectivity index (χ3n) is 2.70. The highest BCUT2D eigenvalue weighted by atomic mass is 16.6. The molecule has 0 aliphatic carbocycles. The molecule has 0 heterocycles. The van der Waals surface area contributed by atoms with Gasteiger partial charge in [0, 0.05) is 19.5 Å². The van der Waals surface area contributed by atoms with Crippen LogP contribution in [-0.4, -0.2) is 36.9 Å². The van der Waals surface area contributed by atoms with Crippen LogP contribution < -0.4 is 16.0 Å². The van der Waals surface area contributed by atoms with Crippen LogP contribution in [0.5, 0.6) is 0 Å². The van der Waals surface area contributed by atoms with Gasteiger partial charge in [-0.3, -0.25) is 19.7 Å². The molecule has 0 unspecified atom stereocenters. The lowest BCUT2D eigenvalue weighted by atomic mass is 10.2. The molecular formula is C13H18N4O4. The Morgan fingerprint density at radius 1 is 1.24 bits per heavy atom. The number of nitro groups is 1. The second-order valence-electron chi connectivity index (χ2n) is 4.28. The van der Waals surface area contributed by atoms with Crippen LogP contribution in [0.4, 0.5) is 11.4 Å². The Balaban J connectivity index is 2.34. The average molecular weight is 294 g/mol. The zero-order chi connectivity index (χ0) is 15.7. The number of hydrogen-bond acceptors (Lipinski definition) is 5. The van der Waals surface area contributed by atoms with E-state index in [-0.39, 0.29) is 29.7 Å². The number of hydrogen-bond donors (Lipinski definition) is 3. The maximum absolute atomic E-state index is 11.7. The summed E-state index contributed by atoms with van der Waals surface area (Å²) in [7, 11) is 1.57. The second-order valence-corrected chi connectivity index (χ2v) is 4.28. The van der Waals surface area contributed by atoms with Gasteiger partial charge in [0.2, 0.25) is 11.8 Å². The van der Waals surface area contributed by atoms with Crippen molar-refractivity contribution in [1.29, 1.82) is 0 Å². The third-order valence-corrected chi connectivity index (χ3v) is 2.70. The summed E-state index contributed by atoms with van der Waals surface area (Å²) in [6.07, 6.45) is 0.994. The largest absolute Gasteiger partial charge is 0.359 e. The summed E-state index contributed by atoms with van der Waals surface area (Å²) in [6, 6.07) is 5.94. The molecular weight excluding hydrogens is 276 g/mol. The number of nitrogens with zero attached hydrogens (tertiary/aromatic N) is 1. The third kappa shape index (κ3) is 6.00. The average Bonchev–Trinajstić information content (AvgIpc) is 2.46. The van der Waals surface area contributed by atoms with Crippen molar-refractivity contribution >= 4 is 23.2 Å². The van der Waals surface area contributed by atoms with Gasteiger partial charge in [-0.1, -0.05) is 12.1 Å². The minimum absolute atomic E-state index is 0.0276. The maximum Gasteiger partial charge on any atom is 0.292 e. The minimum atomic E-state index is -0.549. The summed E-state index contributed by atoms with van der Waals surface area (Å²) >= 11 is 0. The van der Waals surface area contributed by atoms with E-state index >= 15 is 0 Å².